The first-order valence-corrected chi connectivity index (χ1v) is 10.5. The molecule has 1 fully saturated rings. The van der Waals surface area contributed by atoms with E-state index in [1.54, 1.807) is 10.7 Å². The molecule has 29 heavy (non-hydrogen) atoms. The van der Waals surface area contributed by atoms with Gasteiger partial charge in [0.25, 0.3) is 5.56 Å². The van der Waals surface area contributed by atoms with Gasteiger partial charge in [0.05, 0.1) is 12.2 Å². The van der Waals surface area contributed by atoms with Crippen LogP contribution in [0, 0.1) is 0 Å². The molecule has 0 bridgehead atoms. The number of nitrogens with zero attached hydrogens (tertiary/aromatic N) is 4. The van der Waals surface area contributed by atoms with Crippen LogP contribution >= 0.6 is 0 Å². The van der Waals surface area contributed by atoms with Gasteiger partial charge in [0, 0.05) is 38.6 Å². The molecule has 1 unspecified atom stereocenters. The maximum absolute atomic E-state index is 12.5. The van der Waals surface area contributed by atoms with Crippen molar-refractivity contribution in [3.05, 3.63) is 64.1 Å². The molecule has 0 amide bonds. The molecule has 1 aliphatic rings. The molecule has 7 nitrogen and oxygen atoms in total. The molecule has 2 aromatic heterocycles. The molecule has 0 saturated carbocycles. The zero-order valence-electron chi connectivity index (χ0n) is 17.2. The first kappa shape index (κ1) is 19.8. The molecular weight excluding hydrogens is 366 g/mol. The van der Waals surface area contributed by atoms with Gasteiger partial charge >= 0.3 is 0 Å². The number of hydrogen-bond acceptors (Lipinski definition) is 5. The quantitative estimate of drug-likeness (QED) is 0.564. The van der Waals surface area contributed by atoms with Gasteiger partial charge in [-0.15, -0.1) is 0 Å². The number of likely N-dealkylation sites (tertiary alicyclic amines) is 1. The summed E-state index contributed by atoms with van der Waals surface area (Å²) < 4.78 is 7.25. The van der Waals surface area contributed by atoms with Crippen LogP contribution in [0.2, 0.25) is 0 Å². The predicted molar refractivity (Wildman–Crippen MR) is 112 cm³/mol. The molecule has 154 valence electrons. The van der Waals surface area contributed by atoms with Crippen molar-refractivity contribution < 1.29 is 4.74 Å². The Bertz CT molecular complexity index is 991. The van der Waals surface area contributed by atoms with E-state index in [1.807, 2.05) is 6.07 Å². The molecule has 3 aromatic rings. The zero-order chi connectivity index (χ0) is 20.2. The van der Waals surface area contributed by atoms with Crippen LogP contribution in [0.4, 0.5) is 0 Å². The van der Waals surface area contributed by atoms with Crippen molar-refractivity contribution in [3.8, 4) is 0 Å². The predicted octanol–water partition coefficient (Wildman–Crippen LogP) is 2.94. The molecule has 3 heterocycles. The van der Waals surface area contributed by atoms with Crippen LogP contribution in [0.25, 0.3) is 5.52 Å². The zero-order valence-corrected chi connectivity index (χ0v) is 17.2. The fourth-order valence-corrected chi connectivity index (χ4v) is 3.84. The molecule has 7 heteroatoms. The van der Waals surface area contributed by atoms with Gasteiger partial charge in [0.15, 0.2) is 5.52 Å². The number of imidazole rings is 1. The molecule has 1 aliphatic heterocycles. The van der Waals surface area contributed by atoms with Crippen LogP contribution < -0.4 is 5.56 Å². The topological polar surface area (TPSA) is 75.5 Å². The summed E-state index contributed by atoms with van der Waals surface area (Å²) in [6.07, 6.45) is 4.23. The average Bonchev–Trinajstić information content (AvgIpc) is 3.11. The minimum Gasteiger partial charge on any atom is -0.381 e. The third-order valence-electron chi connectivity index (χ3n) is 5.65. The SMILES string of the molecule is CCCOCCCc1ncc2c(=O)[nH]c(C(C)N3CC(c4ccccc4)C3)nn12. The van der Waals surface area contributed by atoms with Crippen molar-refractivity contribution in [3.63, 3.8) is 0 Å². The maximum atomic E-state index is 12.5. The van der Waals surface area contributed by atoms with E-state index in [-0.39, 0.29) is 11.6 Å². The van der Waals surface area contributed by atoms with Crippen LogP contribution in [0.1, 0.15) is 55.9 Å². The monoisotopic (exact) mass is 395 g/mol. The molecule has 0 radical (unpaired) electrons. The lowest BCUT2D eigenvalue weighted by Gasteiger charge is -2.42. The fraction of sp³-hybridized carbons (Fsp3) is 0.500. The van der Waals surface area contributed by atoms with E-state index < -0.39 is 0 Å². The summed E-state index contributed by atoms with van der Waals surface area (Å²) in [6, 6.07) is 10.6. The van der Waals surface area contributed by atoms with Crippen molar-refractivity contribution in [1.29, 1.82) is 0 Å². The molecular formula is C22H29N5O2. The van der Waals surface area contributed by atoms with E-state index in [9.17, 15) is 4.79 Å². The highest BCUT2D eigenvalue weighted by atomic mass is 16.5. The number of ether oxygens (including phenoxy) is 1. The number of benzene rings is 1. The third-order valence-corrected chi connectivity index (χ3v) is 5.65. The Balaban J connectivity index is 1.45. The highest BCUT2D eigenvalue weighted by Crippen LogP contribution is 2.32. The van der Waals surface area contributed by atoms with Crippen LogP contribution in [-0.2, 0) is 11.2 Å². The smallest absolute Gasteiger partial charge is 0.277 e. The molecule has 0 spiro atoms. The second-order valence-corrected chi connectivity index (χ2v) is 7.76. The Morgan fingerprint density at radius 1 is 1.24 bits per heavy atom. The largest absolute Gasteiger partial charge is 0.381 e. The standard InChI is InChI=1S/C22H29N5O2/c1-3-11-29-12-7-10-20-23-13-19-22(28)24-21(25-27(19)20)16(2)26-14-18(15-26)17-8-5-4-6-9-17/h4-6,8-9,13,16,18H,3,7,10-12,14-15H2,1-2H3,(H,24,25,28). The summed E-state index contributed by atoms with van der Waals surface area (Å²) in [5.74, 6) is 2.04. The van der Waals surface area contributed by atoms with Gasteiger partial charge in [-0.05, 0) is 25.3 Å². The number of aromatic amines is 1. The fourth-order valence-electron chi connectivity index (χ4n) is 3.84. The van der Waals surface area contributed by atoms with Gasteiger partial charge in [0.1, 0.15) is 11.6 Å². The lowest BCUT2D eigenvalue weighted by molar-refractivity contribution is 0.0949. The number of aryl methyl sites for hydroxylation is 1. The number of fused-ring (bicyclic) bond motifs is 1. The Morgan fingerprint density at radius 2 is 2.03 bits per heavy atom. The summed E-state index contributed by atoms with van der Waals surface area (Å²) in [4.78, 5) is 22.3. The van der Waals surface area contributed by atoms with Crippen molar-refractivity contribution in [2.75, 3.05) is 26.3 Å². The first-order chi connectivity index (χ1) is 14.2. The lowest BCUT2D eigenvalue weighted by atomic mass is 9.90. The van der Waals surface area contributed by atoms with E-state index in [0.717, 1.165) is 44.8 Å². The van der Waals surface area contributed by atoms with Crippen LogP contribution in [0.5, 0.6) is 0 Å². The van der Waals surface area contributed by atoms with Gasteiger partial charge < -0.3 is 9.72 Å². The van der Waals surface area contributed by atoms with Gasteiger partial charge in [-0.2, -0.15) is 5.10 Å². The summed E-state index contributed by atoms with van der Waals surface area (Å²) in [6.45, 7) is 7.62. The Hall–Kier alpha value is -2.51. The minimum atomic E-state index is -0.136. The van der Waals surface area contributed by atoms with Gasteiger partial charge in [-0.3, -0.25) is 9.69 Å². The molecule has 0 aliphatic carbocycles. The van der Waals surface area contributed by atoms with Crippen molar-refractivity contribution in [2.24, 2.45) is 0 Å². The van der Waals surface area contributed by atoms with E-state index in [1.165, 1.54) is 5.56 Å². The Labute approximate surface area is 170 Å². The second-order valence-electron chi connectivity index (χ2n) is 7.76. The summed E-state index contributed by atoms with van der Waals surface area (Å²) in [5.41, 5.74) is 1.73. The third kappa shape index (κ3) is 4.26. The Kier molecular flexibility index (Phi) is 6.06. The van der Waals surface area contributed by atoms with Crippen LogP contribution in [0.3, 0.4) is 0 Å². The molecule has 1 saturated heterocycles. The number of hydrogen-bond donors (Lipinski definition) is 1. The van der Waals surface area contributed by atoms with E-state index in [0.29, 0.717) is 23.9 Å². The summed E-state index contributed by atoms with van der Waals surface area (Å²) in [5, 5.41) is 4.73. The van der Waals surface area contributed by atoms with Crippen molar-refractivity contribution in [2.45, 2.75) is 45.1 Å². The number of H-pyrrole nitrogens is 1. The van der Waals surface area contributed by atoms with Gasteiger partial charge in [0.2, 0.25) is 0 Å². The number of rotatable bonds is 9. The molecule has 1 atom stereocenters. The van der Waals surface area contributed by atoms with E-state index in [4.69, 9.17) is 9.84 Å². The summed E-state index contributed by atoms with van der Waals surface area (Å²) >= 11 is 0. The molecule has 1 aromatic carbocycles. The van der Waals surface area contributed by atoms with Crippen molar-refractivity contribution in [1.82, 2.24) is 24.5 Å². The highest BCUT2D eigenvalue weighted by molar-refractivity contribution is 5.42. The second kappa shape index (κ2) is 8.88. The molecule has 4 rings (SSSR count). The van der Waals surface area contributed by atoms with Crippen LogP contribution in [-0.4, -0.2) is 50.8 Å². The number of nitrogens with one attached hydrogen (secondary N) is 1. The summed E-state index contributed by atoms with van der Waals surface area (Å²) in [7, 11) is 0. The van der Waals surface area contributed by atoms with Crippen molar-refractivity contribution >= 4 is 5.52 Å². The van der Waals surface area contributed by atoms with Crippen LogP contribution in [0.15, 0.2) is 41.3 Å². The first-order valence-electron chi connectivity index (χ1n) is 10.5. The maximum Gasteiger partial charge on any atom is 0.277 e. The Morgan fingerprint density at radius 3 is 2.79 bits per heavy atom. The van der Waals surface area contributed by atoms with E-state index >= 15 is 0 Å². The lowest BCUT2D eigenvalue weighted by Crippen LogP contribution is -2.46. The van der Waals surface area contributed by atoms with Gasteiger partial charge in [-0.1, -0.05) is 37.3 Å². The highest BCUT2D eigenvalue weighted by Gasteiger charge is 2.33. The normalized spacial score (nSPS) is 16.2. The van der Waals surface area contributed by atoms with E-state index in [2.05, 4.69) is 53.0 Å². The number of aromatic nitrogens is 4. The minimum absolute atomic E-state index is 0.0511. The average molecular weight is 396 g/mol. The molecule has 1 N–H and O–H groups in total. The van der Waals surface area contributed by atoms with Gasteiger partial charge in [-0.25, -0.2) is 9.50 Å².